The van der Waals surface area contributed by atoms with E-state index in [1.54, 1.807) is 22.7 Å². The molecule has 4 nitrogen and oxygen atoms in total. The van der Waals surface area contributed by atoms with Crippen molar-refractivity contribution in [1.82, 2.24) is 14.4 Å². The van der Waals surface area contributed by atoms with Gasteiger partial charge in [0.25, 0.3) is 0 Å². The van der Waals surface area contributed by atoms with Crippen LogP contribution in [-0.4, -0.2) is 20.4 Å². The summed E-state index contributed by atoms with van der Waals surface area (Å²) in [6.07, 6.45) is 9.03. The van der Waals surface area contributed by atoms with E-state index in [4.69, 9.17) is 0 Å². The maximum Gasteiger partial charge on any atom is 0.183 e. The minimum atomic E-state index is 0.430. The third-order valence-electron chi connectivity index (χ3n) is 4.41. The molecule has 4 aromatic rings. The van der Waals surface area contributed by atoms with Crippen LogP contribution < -0.4 is 5.32 Å². The first kappa shape index (κ1) is 16.3. The van der Waals surface area contributed by atoms with Crippen molar-refractivity contribution in [3.05, 3.63) is 47.2 Å². The summed E-state index contributed by atoms with van der Waals surface area (Å²) < 4.78 is 2.10. The molecule has 1 N–H and O–H groups in total. The van der Waals surface area contributed by atoms with Crippen LogP contribution in [-0.2, 0) is 0 Å². The maximum atomic E-state index is 4.55. The number of hydrogen-bond donors (Lipinski definition) is 1. The molecule has 0 bridgehead atoms. The van der Waals surface area contributed by atoms with Crippen molar-refractivity contribution in [2.75, 3.05) is 5.32 Å². The van der Waals surface area contributed by atoms with E-state index in [9.17, 15) is 0 Å². The molecule has 0 unspecified atom stereocenters. The van der Waals surface area contributed by atoms with Crippen molar-refractivity contribution >= 4 is 33.5 Å². The predicted molar refractivity (Wildman–Crippen MR) is 108 cm³/mol. The van der Waals surface area contributed by atoms with Crippen molar-refractivity contribution in [2.24, 2.45) is 0 Å². The fraction of sp³-hybridized carbons (Fsp3) is 0.263. The van der Waals surface area contributed by atoms with Crippen LogP contribution in [0.25, 0.3) is 27.2 Å². The van der Waals surface area contributed by atoms with Gasteiger partial charge in [-0.3, -0.25) is 0 Å². The lowest BCUT2D eigenvalue weighted by atomic mass is 10.0. The number of rotatable bonds is 5. The van der Waals surface area contributed by atoms with Crippen molar-refractivity contribution in [3.8, 4) is 21.6 Å². The van der Waals surface area contributed by atoms with Gasteiger partial charge in [0.1, 0.15) is 5.65 Å². The highest BCUT2D eigenvalue weighted by Gasteiger charge is 2.14. The van der Waals surface area contributed by atoms with Crippen LogP contribution in [0.3, 0.4) is 0 Å². The van der Waals surface area contributed by atoms with Gasteiger partial charge in [-0.25, -0.2) is 9.97 Å². The Labute approximate surface area is 155 Å². The van der Waals surface area contributed by atoms with E-state index in [0.717, 1.165) is 22.1 Å². The monoisotopic (exact) mass is 368 g/mol. The molecule has 0 aliphatic heterocycles. The second kappa shape index (κ2) is 6.61. The molecule has 0 saturated heterocycles. The molecule has 0 saturated carbocycles. The first-order valence-corrected chi connectivity index (χ1v) is 10.1. The molecule has 0 amide bonds. The van der Waals surface area contributed by atoms with Crippen LogP contribution in [0.5, 0.6) is 0 Å². The molecule has 4 heterocycles. The van der Waals surface area contributed by atoms with Gasteiger partial charge in [0, 0.05) is 42.0 Å². The average molecular weight is 369 g/mol. The van der Waals surface area contributed by atoms with Crippen LogP contribution in [0, 0.1) is 6.92 Å². The number of thiazole rings is 1. The van der Waals surface area contributed by atoms with Gasteiger partial charge in [-0.05, 0) is 48.2 Å². The SMILES string of the molecule is CC[C@@H](C)Nc1ncc(-c2cc(-c3cscc3C)c3nccn3c2)s1. The highest BCUT2D eigenvalue weighted by atomic mass is 32.1. The topological polar surface area (TPSA) is 42.2 Å². The molecule has 4 aromatic heterocycles. The summed E-state index contributed by atoms with van der Waals surface area (Å²) in [6.45, 7) is 6.50. The zero-order chi connectivity index (χ0) is 17.4. The Kier molecular flexibility index (Phi) is 4.31. The standard InChI is InChI=1S/C19H20N4S2/c1-4-13(3)22-19-21-8-17(25-19)14-7-15(16-11-24-10-12(16)2)18-20-5-6-23(18)9-14/h5-11,13H,4H2,1-3H3,(H,21,22)/t13-/m1/s1. The van der Waals surface area contributed by atoms with Gasteiger partial charge in [-0.15, -0.1) is 0 Å². The van der Waals surface area contributed by atoms with Gasteiger partial charge in [0.2, 0.25) is 0 Å². The number of nitrogens with one attached hydrogen (secondary N) is 1. The van der Waals surface area contributed by atoms with Crippen LogP contribution in [0.2, 0.25) is 0 Å². The Morgan fingerprint density at radius 2 is 2.12 bits per heavy atom. The Hall–Kier alpha value is -2.18. The number of imidazole rings is 1. The van der Waals surface area contributed by atoms with Crippen LogP contribution in [0.4, 0.5) is 5.13 Å². The normalized spacial score (nSPS) is 12.6. The molecule has 6 heteroatoms. The van der Waals surface area contributed by atoms with Crippen molar-refractivity contribution in [3.63, 3.8) is 0 Å². The number of aryl methyl sites for hydroxylation is 1. The minimum absolute atomic E-state index is 0.430. The number of fused-ring (bicyclic) bond motifs is 1. The largest absolute Gasteiger partial charge is 0.359 e. The lowest BCUT2D eigenvalue weighted by molar-refractivity contribution is 0.763. The van der Waals surface area contributed by atoms with Crippen molar-refractivity contribution in [1.29, 1.82) is 0 Å². The van der Waals surface area contributed by atoms with E-state index in [-0.39, 0.29) is 0 Å². The van der Waals surface area contributed by atoms with E-state index >= 15 is 0 Å². The molecule has 4 rings (SSSR count). The lowest BCUT2D eigenvalue weighted by Gasteiger charge is -2.09. The quantitative estimate of drug-likeness (QED) is 0.491. The smallest absolute Gasteiger partial charge is 0.183 e. The lowest BCUT2D eigenvalue weighted by Crippen LogP contribution is -2.12. The molecule has 25 heavy (non-hydrogen) atoms. The van der Waals surface area contributed by atoms with Crippen molar-refractivity contribution in [2.45, 2.75) is 33.2 Å². The molecule has 0 aliphatic rings. The Balaban J connectivity index is 1.80. The minimum Gasteiger partial charge on any atom is -0.359 e. The second-order valence-corrected chi connectivity index (χ2v) is 8.03. The number of anilines is 1. The van der Waals surface area contributed by atoms with E-state index in [0.29, 0.717) is 6.04 Å². The number of pyridine rings is 1. The molecule has 128 valence electrons. The number of nitrogens with zero attached hydrogens (tertiary/aromatic N) is 3. The summed E-state index contributed by atoms with van der Waals surface area (Å²) in [5, 5.41) is 8.81. The van der Waals surface area contributed by atoms with Gasteiger partial charge in [0.15, 0.2) is 5.13 Å². The highest BCUT2D eigenvalue weighted by Crippen LogP contribution is 2.36. The first-order valence-electron chi connectivity index (χ1n) is 8.38. The molecule has 0 aliphatic carbocycles. The van der Waals surface area contributed by atoms with E-state index in [2.05, 4.69) is 63.5 Å². The van der Waals surface area contributed by atoms with E-state index < -0.39 is 0 Å². The van der Waals surface area contributed by atoms with Gasteiger partial charge >= 0.3 is 0 Å². The van der Waals surface area contributed by atoms with Crippen molar-refractivity contribution < 1.29 is 0 Å². The Bertz CT molecular complexity index is 1010. The number of thiophene rings is 1. The number of hydrogen-bond acceptors (Lipinski definition) is 5. The summed E-state index contributed by atoms with van der Waals surface area (Å²) in [4.78, 5) is 10.3. The summed E-state index contributed by atoms with van der Waals surface area (Å²) in [5.74, 6) is 0. The third-order valence-corrected chi connectivity index (χ3v) is 6.24. The highest BCUT2D eigenvalue weighted by molar-refractivity contribution is 7.18. The second-order valence-electron chi connectivity index (χ2n) is 6.25. The molecule has 0 spiro atoms. The van der Waals surface area contributed by atoms with Gasteiger partial charge in [-0.1, -0.05) is 18.3 Å². The summed E-state index contributed by atoms with van der Waals surface area (Å²) in [7, 11) is 0. The summed E-state index contributed by atoms with van der Waals surface area (Å²) in [6, 6.07) is 2.66. The molecule has 1 atom stereocenters. The van der Waals surface area contributed by atoms with E-state index in [1.165, 1.54) is 22.3 Å². The van der Waals surface area contributed by atoms with Crippen LogP contribution in [0.15, 0.2) is 41.6 Å². The van der Waals surface area contributed by atoms with E-state index in [1.807, 2.05) is 18.6 Å². The molecule has 0 aromatic carbocycles. The number of aromatic nitrogens is 3. The van der Waals surface area contributed by atoms with Crippen LogP contribution >= 0.6 is 22.7 Å². The Morgan fingerprint density at radius 3 is 2.88 bits per heavy atom. The molecule has 0 radical (unpaired) electrons. The fourth-order valence-electron chi connectivity index (χ4n) is 2.79. The molecular weight excluding hydrogens is 348 g/mol. The molecular formula is C19H20N4S2. The van der Waals surface area contributed by atoms with Crippen LogP contribution in [0.1, 0.15) is 25.8 Å². The predicted octanol–water partition coefficient (Wildman–Crippen LogP) is 5.71. The fourth-order valence-corrected chi connectivity index (χ4v) is 4.55. The van der Waals surface area contributed by atoms with Gasteiger partial charge in [-0.2, -0.15) is 11.3 Å². The zero-order valence-corrected chi connectivity index (χ0v) is 16.1. The first-order chi connectivity index (χ1) is 12.2. The summed E-state index contributed by atoms with van der Waals surface area (Å²) in [5.41, 5.74) is 5.88. The van der Waals surface area contributed by atoms with Gasteiger partial charge in [0.05, 0.1) is 4.88 Å². The summed E-state index contributed by atoms with van der Waals surface area (Å²) >= 11 is 3.43. The maximum absolute atomic E-state index is 4.55. The Morgan fingerprint density at radius 1 is 1.24 bits per heavy atom. The zero-order valence-electron chi connectivity index (χ0n) is 14.5. The molecule has 0 fully saturated rings. The average Bonchev–Trinajstić information content (AvgIpc) is 3.34. The van der Waals surface area contributed by atoms with Gasteiger partial charge < -0.3 is 9.72 Å². The third kappa shape index (κ3) is 3.07.